The fraction of sp³-hybridized carbons (Fsp3) is 0.429. The van der Waals surface area contributed by atoms with E-state index in [9.17, 15) is 0 Å². The first-order chi connectivity index (χ1) is 5.18. The van der Waals surface area contributed by atoms with Crippen molar-refractivity contribution in [1.29, 1.82) is 0 Å². The van der Waals surface area contributed by atoms with Gasteiger partial charge in [0.25, 0.3) is 0 Å². The molecule has 0 bridgehead atoms. The van der Waals surface area contributed by atoms with E-state index >= 15 is 0 Å². The van der Waals surface area contributed by atoms with Crippen LogP contribution in [0.3, 0.4) is 0 Å². The highest BCUT2D eigenvalue weighted by Gasteiger charge is 1.93. The average Bonchev–Trinajstić information content (AvgIpc) is 1.85. The molecule has 0 radical (unpaired) electrons. The number of nitrogens with zero attached hydrogens (tertiary/aromatic N) is 1. The molecule has 0 aliphatic heterocycles. The Hall–Kier alpha value is -0.900. The molecule has 1 heterocycles. The summed E-state index contributed by atoms with van der Waals surface area (Å²) in [6.45, 7) is 4.13. The van der Waals surface area contributed by atoms with Crippen molar-refractivity contribution >= 4 is 18.0 Å². The van der Waals surface area contributed by atoms with Gasteiger partial charge in [-0.15, -0.1) is 0 Å². The van der Waals surface area contributed by atoms with Crippen LogP contribution in [0.4, 0.5) is 5.82 Å². The molecule has 0 unspecified atom stereocenters. The Labute approximate surface area is 70.9 Å². The van der Waals surface area contributed by atoms with E-state index in [0.717, 1.165) is 5.82 Å². The van der Waals surface area contributed by atoms with Gasteiger partial charge >= 0.3 is 0 Å². The molecule has 0 spiro atoms. The molecular weight excluding hydrogens is 158 g/mol. The number of aromatic amines is 1. The molecule has 11 heavy (non-hydrogen) atoms. The molecule has 1 aromatic heterocycles. The monoisotopic (exact) mass is 169 g/mol. The van der Waals surface area contributed by atoms with Crippen LogP contribution in [0.5, 0.6) is 0 Å². The number of anilines is 1. The van der Waals surface area contributed by atoms with Gasteiger partial charge in [0.1, 0.15) is 10.5 Å². The summed E-state index contributed by atoms with van der Waals surface area (Å²) < 4.78 is 0.604. The zero-order valence-electron chi connectivity index (χ0n) is 6.59. The van der Waals surface area contributed by atoms with Crippen LogP contribution in [-0.4, -0.2) is 16.0 Å². The Morgan fingerprint density at radius 3 is 2.91 bits per heavy atom. The van der Waals surface area contributed by atoms with E-state index in [4.69, 9.17) is 12.2 Å². The third kappa shape index (κ3) is 2.67. The summed E-state index contributed by atoms with van der Waals surface area (Å²) in [4.78, 5) is 6.82. The van der Waals surface area contributed by atoms with Crippen LogP contribution in [0.1, 0.15) is 13.8 Å². The number of hydrogen-bond acceptors (Lipinski definition) is 3. The lowest BCUT2D eigenvalue weighted by atomic mass is 10.4. The highest BCUT2D eigenvalue weighted by atomic mass is 32.1. The summed E-state index contributed by atoms with van der Waals surface area (Å²) in [6, 6.07) is 2.21. The molecule has 1 rings (SSSR count). The Balaban J connectivity index is 2.80. The summed E-state index contributed by atoms with van der Waals surface area (Å²) in [6.07, 6.45) is 1.59. The molecule has 4 heteroatoms. The first-order valence-corrected chi connectivity index (χ1v) is 3.90. The number of hydrogen-bond donors (Lipinski definition) is 2. The predicted molar refractivity (Wildman–Crippen MR) is 48.2 cm³/mol. The van der Waals surface area contributed by atoms with E-state index < -0.39 is 0 Å². The van der Waals surface area contributed by atoms with E-state index in [1.165, 1.54) is 0 Å². The molecule has 3 nitrogen and oxygen atoms in total. The van der Waals surface area contributed by atoms with Gasteiger partial charge in [-0.25, -0.2) is 4.98 Å². The van der Waals surface area contributed by atoms with Crippen molar-refractivity contribution in [3.63, 3.8) is 0 Å². The molecule has 1 aromatic rings. The fourth-order valence-electron chi connectivity index (χ4n) is 0.762. The van der Waals surface area contributed by atoms with Gasteiger partial charge in [0.15, 0.2) is 0 Å². The van der Waals surface area contributed by atoms with Crippen LogP contribution < -0.4 is 5.32 Å². The lowest BCUT2D eigenvalue weighted by molar-refractivity contribution is 0.885. The van der Waals surface area contributed by atoms with E-state index in [0.29, 0.717) is 10.7 Å². The Morgan fingerprint density at radius 1 is 1.64 bits per heavy atom. The molecule has 0 saturated heterocycles. The highest BCUT2D eigenvalue weighted by molar-refractivity contribution is 7.71. The molecule has 0 amide bonds. The molecule has 2 N–H and O–H groups in total. The normalized spacial score (nSPS) is 10.1. The Morgan fingerprint density at radius 2 is 2.36 bits per heavy atom. The van der Waals surface area contributed by atoms with Crippen molar-refractivity contribution in [2.75, 3.05) is 5.32 Å². The molecule has 0 aliphatic carbocycles. The Kier molecular flexibility index (Phi) is 2.59. The minimum Gasteiger partial charge on any atom is -0.369 e. The van der Waals surface area contributed by atoms with Gasteiger partial charge in [-0.2, -0.15) is 0 Å². The third-order valence-corrected chi connectivity index (χ3v) is 1.35. The number of H-pyrrole nitrogens is 1. The summed E-state index contributed by atoms with van der Waals surface area (Å²) >= 11 is 4.88. The van der Waals surface area contributed by atoms with Gasteiger partial charge in [-0.3, -0.25) is 0 Å². The van der Waals surface area contributed by atoms with Crippen molar-refractivity contribution in [3.8, 4) is 0 Å². The standard InChI is InChI=1S/C7H11N3S/c1-5(2)10-6-3-7(11)9-4-8-6/h3-5H,1-2H3,(H2,8,9,10,11). The highest BCUT2D eigenvalue weighted by Crippen LogP contribution is 2.01. The lowest BCUT2D eigenvalue weighted by Crippen LogP contribution is -2.10. The van der Waals surface area contributed by atoms with Crippen LogP contribution in [0.2, 0.25) is 0 Å². The maximum Gasteiger partial charge on any atom is 0.131 e. The quantitative estimate of drug-likeness (QED) is 0.665. The van der Waals surface area contributed by atoms with Crippen LogP contribution in [0.25, 0.3) is 0 Å². The molecule has 0 atom stereocenters. The average molecular weight is 169 g/mol. The van der Waals surface area contributed by atoms with Gasteiger partial charge in [0.05, 0.1) is 6.33 Å². The van der Waals surface area contributed by atoms with Gasteiger partial charge < -0.3 is 10.3 Å². The number of rotatable bonds is 2. The van der Waals surface area contributed by atoms with Crippen LogP contribution >= 0.6 is 12.2 Å². The summed E-state index contributed by atoms with van der Waals surface area (Å²) in [5, 5.41) is 3.18. The minimum absolute atomic E-state index is 0.406. The van der Waals surface area contributed by atoms with Crippen molar-refractivity contribution in [2.45, 2.75) is 19.9 Å². The van der Waals surface area contributed by atoms with Crippen molar-refractivity contribution in [3.05, 3.63) is 17.0 Å². The van der Waals surface area contributed by atoms with Crippen molar-refractivity contribution < 1.29 is 0 Å². The molecule has 0 fully saturated rings. The predicted octanol–water partition coefficient (Wildman–Crippen LogP) is 1.96. The van der Waals surface area contributed by atoms with Crippen molar-refractivity contribution in [1.82, 2.24) is 9.97 Å². The number of aromatic nitrogens is 2. The molecule has 0 aliphatic rings. The first kappa shape index (κ1) is 8.20. The second kappa shape index (κ2) is 3.48. The second-order valence-electron chi connectivity index (χ2n) is 2.60. The van der Waals surface area contributed by atoms with Crippen molar-refractivity contribution in [2.24, 2.45) is 0 Å². The summed E-state index contributed by atoms with van der Waals surface area (Å²) in [5.41, 5.74) is 0. The molecule has 0 saturated carbocycles. The van der Waals surface area contributed by atoms with E-state index in [1.807, 2.05) is 0 Å². The van der Waals surface area contributed by atoms with E-state index in [-0.39, 0.29) is 0 Å². The van der Waals surface area contributed by atoms with Crippen LogP contribution in [0, 0.1) is 4.64 Å². The van der Waals surface area contributed by atoms with Gasteiger partial charge in [0.2, 0.25) is 0 Å². The van der Waals surface area contributed by atoms with Gasteiger partial charge in [0, 0.05) is 12.1 Å². The molecular formula is C7H11N3S. The zero-order valence-corrected chi connectivity index (χ0v) is 7.40. The third-order valence-electron chi connectivity index (χ3n) is 1.12. The van der Waals surface area contributed by atoms with Crippen LogP contribution in [-0.2, 0) is 0 Å². The smallest absolute Gasteiger partial charge is 0.131 e. The van der Waals surface area contributed by atoms with Crippen LogP contribution in [0.15, 0.2) is 12.4 Å². The topological polar surface area (TPSA) is 40.7 Å². The zero-order chi connectivity index (χ0) is 8.27. The molecule has 60 valence electrons. The maximum atomic E-state index is 4.88. The maximum absolute atomic E-state index is 4.88. The van der Waals surface area contributed by atoms with E-state index in [2.05, 4.69) is 29.1 Å². The van der Waals surface area contributed by atoms with E-state index in [1.54, 1.807) is 12.4 Å². The van der Waals surface area contributed by atoms with Gasteiger partial charge in [-0.1, -0.05) is 12.2 Å². The lowest BCUT2D eigenvalue weighted by Gasteiger charge is -2.08. The first-order valence-electron chi connectivity index (χ1n) is 3.50. The Bertz CT molecular complexity index is 279. The fourth-order valence-corrected chi connectivity index (χ4v) is 0.933. The number of nitrogens with one attached hydrogen (secondary N) is 2. The second-order valence-corrected chi connectivity index (χ2v) is 3.02. The SMILES string of the molecule is CC(C)Nc1cc(=S)nc[nH]1. The largest absolute Gasteiger partial charge is 0.369 e. The summed E-state index contributed by atoms with van der Waals surface area (Å²) in [7, 11) is 0. The molecule has 0 aromatic carbocycles. The minimum atomic E-state index is 0.406. The van der Waals surface area contributed by atoms with Gasteiger partial charge in [-0.05, 0) is 13.8 Å². The summed E-state index contributed by atoms with van der Waals surface area (Å²) in [5.74, 6) is 0.917.